The normalized spacial score (nSPS) is 15.5. The van der Waals surface area contributed by atoms with Crippen LogP contribution in [0.25, 0.3) is 0 Å². The van der Waals surface area contributed by atoms with Crippen molar-refractivity contribution < 1.29 is 9.84 Å². The van der Waals surface area contributed by atoms with Gasteiger partial charge in [-0.2, -0.15) is 5.10 Å². The average Bonchev–Trinajstić information content (AvgIpc) is 2.44. The quantitative estimate of drug-likeness (QED) is 0.773. The second kappa shape index (κ2) is 4.57. The number of aliphatic hydroxyl groups excluding tert-OH is 1. The Morgan fingerprint density at radius 1 is 1.64 bits per heavy atom. The Kier molecular flexibility index (Phi) is 3.66. The molecule has 0 aromatic carbocycles. The minimum atomic E-state index is -0.477. The van der Waals surface area contributed by atoms with Gasteiger partial charge in [-0.25, -0.2) is 0 Å². The predicted molar refractivity (Wildman–Crippen MR) is 54.1 cm³/mol. The first-order chi connectivity index (χ1) is 6.54. The lowest BCUT2D eigenvalue weighted by atomic mass is 10.1. The van der Waals surface area contributed by atoms with Crippen LogP contribution >= 0.6 is 0 Å². The third-order valence-corrected chi connectivity index (χ3v) is 2.43. The molecular formula is C10H18N2O2. The fourth-order valence-electron chi connectivity index (χ4n) is 1.39. The highest BCUT2D eigenvalue weighted by Crippen LogP contribution is 2.08. The molecule has 1 heterocycles. The van der Waals surface area contributed by atoms with Crippen molar-refractivity contribution in [3.05, 3.63) is 17.5 Å². The first kappa shape index (κ1) is 11.2. The number of hydrogen-bond donors (Lipinski definition) is 1. The molecule has 0 amide bonds. The maximum absolute atomic E-state index is 9.74. The molecule has 2 unspecified atom stereocenters. The number of methoxy groups -OCH3 is 1. The maximum Gasteiger partial charge on any atom is 0.0854 e. The summed E-state index contributed by atoms with van der Waals surface area (Å²) in [6, 6.07) is 1.98. The SMILES string of the molecule is COC(C)C(O)Cc1cc(C)nn1C. The van der Waals surface area contributed by atoms with E-state index in [4.69, 9.17) is 4.74 Å². The van der Waals surface area contributed by atoms with E-state index in [-0.39, 0.29) is 6.10 Å². The van der Waals surface area contributed by atoms with Gasteiger partial charge in [0.2, 0.25) is 0 Å². The Morgan fingerprint density at radius 2 is 2.29 bits per heavy atom. The molecule has 1 N–H and O–H groups in total. The number of aliphatic hydroxyl groups is 1. The molecule has 1 aromatic rings. The van der Waals surface area contributed by atoms with E-state index in [1.807, 2.05) is 27.0 Å². The Hall–Kier alpha value is -0.870. The molecule has 0 fully saturated rings. The molecule has 4 nitrogen and oxygen atoms in total. The highest BCUT2D eigenvalue weighted by atomic mass is 16.5. The number of rotatable bonds is 4. The van der Waals surface area contributed by atoms with Crippen molar-refractivity contribution in [3.8, 4) is 0 Å². The summed E-state index contributed by atoms with van der Waals surface area (Å²) in [6.45, 7) is 3.80. The van der Waals surface area contributed by atoms with Crippen molar-refractivity contribution in [2.75, 3.05) is 7.11 Å². The van der Waals surface area contributed by atoms with Crippen LogP contribution in [0, 0.1) is 6.92 Å². The topological polar surface area (TPSA) is 47.3 Å². The average molecular weight is 198 g/mol. The fourth-order valence-corrected chi connectivity index (χ4v) is 1.39. The molecule has 0 saturated carbocycles. The summed E-state index contributed by atoms with van der Waals surface area (Å²) < 4.78 is 6.84. The third kappa shape index (κ3) is 2.56. The van der Waals surface area contributed by atoms with Crippen molar-refractivity contribution in [1.82, 2.24) is 9.78 Å². The Bertz CT molecular complexity index is 296. The van der Waals surface area contributed by atoms with Crippen molar-refractivity contribution >= 4 is 0 Å². The Labute approximate surface area is 84.5 Å². The summed E-state index contributed by atoms with van der Waals surface area (Å²) in [7, 11) is 3.48. The van der Waals surface area contributed by atoms with Gasteiger partial charge >= 0.3 is 0 Å². The summed E-state index contributed by atoms with van der Waals surface area (Å²) in [4.78, 5) is 0. The van der Waals surface area contributed by atoms with Gasteiger partial charge in [0.15, 0.2) is 0 Å². The zero-order chi connectivity index (χ0) is 10.7. The van der Waals surface area contributed by atoms with Crippen molar-refractivity contribution in [1.29, 1.82) is 0 Å². The van der Waals surface area contributed by atoms with E-state index in [2.05, 4.69) is 5.10 Å². The van der Waals surface area contributed by atoms with Gasteiger partial charge in [-0.15, -0.1) is 0 Å². The van der Waals surface area contributed by atoms with Crippen LogP contribution in [0.15, 0.2) is 6.07 Å². The monoisotopic (exact) mass is 198 g/mol. The van der Waals surface area contributed by atoms with Gasteiger partial charge < -0.3 is 9.84 Å². The summed E-state index contributed by atoms with van der Waals surface area (Å²) in [6.07, 6.45) is -0.0493. The Balaban J connectivity index is 2.64. The number of aryl methyl sites for hydroxylation is 2. The largest absolute Gasteiger partial charge is 0.390 e. The first-order valence-corrected chi connectivity index (χ1v) is 4.75. The summed E-state index contributed by atoms with van der Waals surface area (Å²) in [5, 5.41) is 14.0. The van der Waals surface area contributed by atoms with Crippen LogP contribution in [-0.4, -0.2) is 34.2 Å². The van der Waals surface area contributed by atoms with Crippen LogP contribution in [0.3, 0.4) is 0 Å². The molecule has 1 rings (SSSR count). The van der Waals surface area contributed by atoms with E-state index in [0.717, 1.165) is 11.4 Å². The van der Waals surface area contributed by atoms with Gasteiger partial charge in [0, 0.05) is 26.3 Å². The zero-order valence-corrected chi connectivity index (χ0v) is 9.19. The van der Waals surface area contributed by atoms with Crippen LogP contribution < -0.4 is 0 Å². The van der Waals surface area contributed by atoms with Crippen LogP contribution in [-0.2, 0) is 18.2 Å². The predicted octanol–water partition coefficient (Wildman–Crippen LogP) is 0.667. The summed E-state index contributed by atoms with van der Waals surface area (Å²) in [5.41, 5.74) is 2.00. The molecule has 0 radical (unpaired) electrons. The van der Waals surface area contributed by atoms with Gasteiger partial charge in [0.05, 0.1) is 17.9 Å². The van der Waals surface area contributed by atoms with Crippen LogP contribution in [0.4, 0.5) is 0 Å². The standard InChI is InChI=1S/C10H18N2O2/c1-7-5-9(12(3)11-7)6-10(13)8(2)14-4/h5,8,10,13H,6H2,1-4H3. The molecule has 0 bridgehead atoms. The molecule has 1 aromatic heterocycles. The van der Waals surface area contributed by atoms with Crippen molar-refractivity contribution in [2.45, 2.75) is 32.5 Å². The molecule has 0 aliphatic rings. The van der Waals surface area contributed by atoms with Crippen LogP contribution in [0.5, 0.6) is 0 Å². The van der Waals surface area contributed by atoms with Crippen molar-refractivity contribution in [2.24, 2.45) is 7.05 Å². The van der Waals surface area contributed by atoms with E-state index in [1.165, 1.54) is 0 Å². The van der Waals surface area contributed by atoms with Gasteiger partial charge in [-0.1, -0.05) is 0 Å². The second-order valence-corrected chi connectivity index (χ2v) is 3.61. The molecule has 4 heteroatoms. The van der Waals surface area contributed by atoms with Crippen molar-refractivity contribution in [3.63, 3.8) is 0 Å². The van der Waals surface area contributed by atoms with Crippen LogP contribution in [0.1, 0.15) is 18.3 Å². The number of aromatic nitrogens is 2. The number of nitrogens with zero attached hydrogens (tertiary/aromatic N) is 2. The summed E-state index contributed by atoms with van der Waals surface area (Å²) >= 11 is 0. The molecular weight excluding hydrogens is 180 g/mol. The lowest BCUT2D eigenvalue weighted by Crippen LogP contribution is -2.27. The minimum Gasteiger partial charge on any atom is -0.390 e. The van der Waals surface area contributed by atoms with Gasteiger partial charge in [0.25, 0.3) is 0 Å². The van der Waals surface area contributed by atoms with Crippen LogP contribution in [0.2, 0.25) is 0 Å². The van der Waals surface area contributed by atoms with E-state index in [0.29, 0.717) is 6.42 Å². The van der Waals surface area contributed by atoms with E-state index in [1.54, 1.807) is 11.8 Å². The lowest BCUT2D eigenvalue weighted by Gasteiger charge is -2.16. The molecule has 0 spiro atoms. The van der Waals surface area contributed by atoms with E-state index in [9.17, 15) is 5.11 Å². The maximum atomic E-state index is 9.74. The van der Waals surface area contributed by atoms with Gasteiger partial charge in [-0.05, 0) is 19.9 Å². The zero-order valence-electron chi connectivity index (χ0n) is 9.19. The summed E-state index contributed by atoms with van der Waals surface area (Å²) in [5.74, 6) is 0. The minimum absolute atomic E-state index is 0.148. The number of ether oxygens (including phenoxy) is 1. The highest BCUT2D eigenvalue weighted by Gasteiger charge is 2.15. The second-order valence-electron chi connectivity index (χ2n) is 3.61. The fraction of sp³-hybridized carbons (Fsp3) is 0.700. The lowest BCUT2D eigenvalue weighted by molar-refractivity contribution is -0.000433. The Morgan fingerprint density at radius 3 is 2.71 bits per heavy atom. The van der Waals surface area contributed by atoms with Gasteiger partial charge in [-0.3, -0.25) is 4.68 Å². The molecule has 2 atom stereocenters. The highest BCUT2D eigenvalue weighted by molar-refractivity contribution is 5.09. The molecule has 0 saturated heterocycles. The molecule has 14 heavy (non-hydrogen) atoms. The molecule has 0 aliphatic heterocycles. The first-order valence-electron chi connectivity index (χ1n) is 4.75. The third-order valence-electron chi connectivity index (χ3n) is 2.43. The smallest absolute Gasteiger partial charge is 0.0854 e. The van der Waals surface area contributed by atoms with Gasteiger partial charge in [0.1, 0.15) is 0 Å². The van der Waals surface area contributed by atoms with E-state index < -0.39 is 6.10 Å². The number of hydrogen-bond acceptors (Lipinski definition) is 3. The molecule has 80 valence electrons. The molecule has 0 aliphatic carbocycles. The van der Waals surface area contributed by atoms with E-state index >= 15 is 0 Å².